The van der Waals surface area contributed by atoms with Crippen molar-refractivity contribution in [3.8, 4) is 22.5 Å². The monoisotopic (exact) mass is 343 g/mol. The Morgan fingerprint density at radius 3 is 2.27 bits per heavy atom. The van der Waals surface area contributed by atoms with E-state index in [-0.39, 0.29) is 5.43 Å². The Balaban J connectivity index is 2.07. The molecule has 0 amide bonds. The number of aromatic nitrogens is 1. The normalized spacial score (nSPS) is 11.2. The Hall–Kier alpha value is -3.07. The first-order chi connectivity index (χ1) is 12.5. The summed E-state index contributed by atoms with van der Waals surface area (Å²) >= 11 is 0. The van der Waals surface area contributed by atoms with Crippen LogP contribution >= 0.6 is 0 Å². The van der Waals surface area contributed by atoms with Gasteiger partial charge in [-0.1, -0.05) is 24.3 Å². The molecule has 4 rings (SSSR count). The van der Waals surface area contributed by atoms with Crippen molar-refractivity contribution in [2.45, 2.75) is 20.8 Å². The van der Waals surface area contributed by atoms with Gasteiger partial charge in [-0.25, -0.2) is 0 Å². The second-order valence-corrected chi connectivity index (χ2v) is 6.82. The van der Waals surface area contributed by atoms with Crippen molar-refractivity contribution < 1.29 is 4.42 Å². The first-order valence-corrected chi connectivity index (χ1v) is 8.73. The lowest BCUT2D eigenvalue weighted by Gasteiger charge is -2.15. The zero-order valence-corrected chi connectivity index (χ0v) is 15.5. The molecule has 4 aromatic rings. The van der Waals surface area contributed by atoms with Crippen LogP contribution in [0, 0.1) is 20.8 Å². The zero-order valence-electron chi connectivity index (χ0n) is 15.5. The highest BCUT2D eigenvalue weighted by atomic mass is 16.3. The van der Waals surface area contributed by atoms with Crippen molar-refractivity contribution in [3.05, 3.63) is 81.8 Å². The largest absolute Gasteiger partial charge is 0.464 e. The first kappa shape index (κ1) is 16.4. The summed E-state index contributed by atoms with van der Waals surface area (Å²) in [6.45, 7) is 6.17. The van der Waals surface area contributed by atoms with Gasteiger partial charge in [-0.3, -0.25) is 4.79 Å². The number of pyridine rings is 1. The Morgan fingerprint density at radius 1 is 0.885 bits per heavy atom. The van der Waals surface area contributed by atoms with Crippen molar-refractivity contribution in [2.75, 3.05) is 0 Å². The molecule has 3 heteroatoms. The van der Waals surface area contributed by atoms with Gasteiger partial charge in [-0.15, -0.1) is 0 Å². The van der Waals surface area contributed by atoms with Gasteiger partial charge in [0.1, 0.15) is 5.76 Å². The number of hydrogen-bond acceptors (Lipinski definition) is 2. The summed E-state index contributed by atoms with van der Waals surface area (Å²) in [7, 11) is 1.99. The molecule has 2 aromatic carbocycles. The smallest absolute Gasteiger partial charge is 0.200 e. The number of rotatable bonds is 2. The number of nitrogens with zero attached hydrogens (tertiary/aromatic N) is 1. The van der Waals surface area contributed by atoms with Crippen LogP contribution in [-0.4, -0.2) is 4.57 Å². The molecule has 0 bridgehead atoms. The molecular weight excluding hydrogens is 322 g/mol. The van der Waals surface area contributed by atoms with Gasteiger partial charge in [0.05, 0.1) is 17.3 Å². The molecule has 0 saturated carbocycles. The average molecular weight is 343 g/mol. The molecule has 0 aliphatic heterocycles. The molecule has 2 aromatic heterocycles. The van der Waals surface area contributed by atoms with E-state index < -0.39 is 0 Å². The van der Waals surface area contributed by atoms with Gasteiger partial charge in [0, 0.05) is 18.1 Å². The van der Waals surface area contributed by atoms with Crippen LogP contribution in [0.4, 0.5) is 0 Å². The van der Waals surface area contributed by atoms with Gasteiger partial charge < -0.3 is 8.98 Å². The second kappa shape index (κ2) is 6.03. The quantitative estimate of drug-likeness (QED) is 0.489. The van der Waals surface area contributed by atoms with Crippen LogP contribution in [0.1, 0.15) is 16.8 Å². The molecule has 130 valence electrons. The zero-order chi connectivity index (χ0) is 18.4. The van der Waals surface area contributed by atoms with Crippen LogP contribution < -0.4 is 5.43 Å². The fraction of sp³-hybridized carbons (Fsp3) is 0.174. The summed E-state index contributed by atoms with van der Waals surface area (Å²) in [6.07, 6.45) is 1.60. The predicted molar refractivity (Wildman–Crippen MR) is 107 cm³/mol. The van der Waals surface area contributed by atoms with Gasteiger partial charge in [0.2, 0.25) is 5.43 Å². The van der Waals surface area contributed by atoms with Crippen molar-refractivity contribution in [3.63, 3.8) is 0 Å². The maximum atomic E-state index is 13.3. The summed E-state index contributed by atoms with van der Waals surface area (Å²) < 4.78 is 7.58. The topological polar surface area (TPSA) is 35.1 Å². The van der Waals surface area contributed by atoms with Gasteiger partial charge in [0.25, 0.3) is 0 Å². The summed E-state index contributed by atoms with van der Waals surface area (Å²) in [5.74, 6) is 0.613. The number of hydrogen-bond donors (Lipinski definition) is 0. The van der Waals surface area contributed by atoms with Crippen LogP contribution in [0.3, 0.4) is 0 Å². The van der Waals surface area contributed by atoms with E-state index in [0.29, 0.717) is 16.7 Å². The molecule has 0 unspecified atom stereocenters. The van der Waals surface area contributed by atoms with Crippen molar-refractivity contribution in [1.82, 2.24) is 4.57 Å². The minimum Gasteiger partial charge on any atom is -0.464 e. The maximum Gasteiger partial charge on any atom is 0.200 e. The van der Waals surface area contributed by atoms with Crippen LogP contribution in [0.2, 0.25) is 0 Å². The van der Waals surface area contributed by atoms with E-state index in [0.717, 1.165) is 16.8 Å². The van der Waals surface area contributed by atoms with Crippen LogP contribution in [0.5, 0.6) is 0 Å². The highest BCUT2D eigenvalue weighted by molar-refractivity contribution is 5.89. The molecule has 0 spiro atoms. The maximum absolute atomic E-state index is 13.3. The number of aryl methyl sites for hydroxylation is 3. The molecule has 0 aliphatic rings. The standard InChI is InChI=1S/C23H21NO2/c1-14-7-5-8-15(2)21(14)17-10-11-19-18(13-17)23(25)22(16(3)24(19)4)20-9-6-12-26-20/h5-13H,1-4H3. The van der Waals surface area contributed by atoms with E-state index in [1.54, 1.807) is 6.26 Å². The fourth-order valence-electron chi connectivity index (χ4n) is 3.79. The number of benzene rings is 2. The molecule has 0 aliphatic carbocycles. The molecular formula is C23H21NO2. The van der Waals surface area contributed by atoms with Gasteiger partial charge in [-0.05, 0) is 67.3 Å². The Kier molecular flexibility index (Phi) is 3.80. The third kappa shape index (κ3) is 2.39. The molecule has 3 nitrogen and oxygen atoms in total. The lowest BCUT2D eigenvalue weighted by Crippen LogP contribution is -2.14. The second-order valence-electron chi connectivity index (χ2n) is 6.82. The van der Waals surface area contributed by atoms with Crippen molar-refractivity contribution >= 4 is 10.9 Å². The predicted octanol–water partition coefficient (Wildman–Crippen LogP) is 5.39. The Labute approximate surface area is 152 Å². The minimum absolute atomic E-state index is 0.0126. The minimum atomic E-state index is 0.0126. The van der Waals surface area contributed by atoms with Crippen LogP contribution in [0.25, 0.3) is 33.4 Å². The van der Waals surface area contributed by atoms with Crippen molar-refractivity contribution in [1.29, 1.82) is 0 Å². The molecule has 0 radical (unpaired) electrons. The molecule has 0 fully saturated rings. The van der Waals surface area contributed by atoms with E-state index in [1.165, 1.54) is 16.7 Å². The molecule has 0 N–H and O–H groups in total. The summed E-state index contributed by atoms with van der Waals surface area (Å²) in [4.78, 5) is 13.3. The lowest BCUT2D eigenvalue weighted by atomic mass is 9.94. The summed E-state index contributed by atoms with van der Waals surface area (Å²) in [5, 5.41) is 0.713. The molecule has 0 atom stereocenters. The SMILES string of the molecule is Cc1cccc(C)c1-c1ccc2c(c1)c(=O)c(-c1ccco1)c(C)n2C. The third-order valence-corrected chi connectivity index (χ3v) is 5.23. The third-order valence-electron chi connectivity index (χ3n) is 5.23. The molecule has 2 heterocycles. The van der Waals surface area contributed by atoms with E-state index in [2.05, 4.69) is 42.7 Å². The van der Waals surface area contributed by atoms with Gasteiger partial charge in [-0.2, -0.15) is 0 Å². The lowest BCUT2D eigenvalue weighted by molar-refractivity contribution is 0.580. The fourth-order valence-corrected chi connectivity index (χ4v) is 3.79. The highest BCUT2D eigenvalue weighted by Gasteiger charge is 2.17. The van der Waals surface area contributed by atoms with E-state index in [9.17, 15) is 4.79 Å². The van der Waals surface area contributed by atoms with Crippen LogP contribution in [0.15, 0.2) is 64.0 Å². The molecule has 0 saturated heterocycles. The van der Waals surface area contributed by atoms with Gasteiger partial charge in [0.15, 0.2) is 0 Å². The van der Waals surface area contributed by atoms with Crippen molar-refractivity contribution in [2.24, 2.45) is 7.05 Å². The van der Waals surface area contributed by atoms with Crippen LogP contribution in [-0.2, 0) is 7.05 Å². The van der Waals surface area contributed by atoms with Gasteiger partial charge >= 0.3 is 0 Å². The summed E-state index contributed by atoms with van der Waals surface area (Å²) in [6, 6.07) is 16.1. The number of furan rings is 1. The first-order valence-electron chi connectivity index (χ1n) is 8.73. The molecule has 26 heavy (non-hydrogen) atoms. The van der Waals surface area contributed by atoms with E-state index >= 15 is 0 Å². The highest BCUT2D eigenvalue weighted by Crippen LogP contribution is 2.30. The van der Waals surface area contributed by atoms with E-state index in [1.807, 2.05) is 38.2 Å². The summed E-state index contributed by atoms with van der Waals surface area (Å²) in [5.41, 5.74) is 7.15. The Bertz CT molecular complexity index is 1160. The number of fused-ring (bicyclic) bond motifs is 1. The Morgan fingerprint density at radius 2 is 1.62 bits per heavy atom. The van der Waals surface area contributed by atoms with E-state index in [4.69, 9.17) is 4.42 Å². The average Bonchev–Trinajstić information content (AvgIpc) is 3.14.